The summed E-state index contributed by atoms with van der Waals surface area (Å²) in [4.78, 5) is 3.40. The molecule has 0 bridgehead atoms. The van der Waals surface area contributed by atoms with Crippen molar-refractivity contribution in [3.05, 3.63) is 27.7 Å². The fourth-order valence-corrected chi connectivity index (χ4v) is 1.31. The van der Waals surface area contributed by atoms with Gasteiger partial charge in [-0.05, 0) is 22.9 Å². The number of alkyl halides is 2. The fourth-order valence-electron chi connectivity index (χ4n) is 0.717. The molecule has 0 N–H and O–H groups in total. The van der Waals surface area contributed by atoms with Gasteiger partial charge in [0, 0.05) is 11.8 Å². The molecule has 66 valence electrons. The van der Waals surface area contributed by atoms with E-state index in [1.165, 1.54) is 6.92 Å². The minimum absolute atomic E-state index is 0.242. The van der Waals surface area contributed by atoms with E-state index in [2.05, 4.69) is 20.9 Å². The second kappa shape index (κ2) is 3.43. The molecule has 0 spiro atoms. The first-order chi connectivity index (χ1) is 5.54. The van der Waals surface area contributed by atoms with E-state index in [0.717, 1.165) is 6.20 Å². The van der Waals surface area contributed by atoms with E-state index in [1.54, 1.807) is 0 Å². The van der Waals surface area contributed by atoms with Crippen LogP contribution in [0.25, 0.3) is 0 Å². The lowest BCUT2D eigenvalue weighted by atomic mass is 10.2. The van der Waals surface area contributed by atoms with Crippen LogP contribution in [0.2, 0.25) is 0 Å². The van der Waals surface area contributed by atoms with Crippen molar-refractivity contribution >= 4 is 15.9 Å². The summed E-state index contributed by atoms with van der Waals surface area (Å²) in [5, 5.41) is 0. The number of pyridine rings is 1. The number of halogens is 4. The number of nitrogens with zero attached hydrogens (tertiary/aromatic N) is 1. The Hall–Kier alpha value is -0.580. The zero-order chi connectivity index (χ0) is 9.30. The highest BCUT2D eigenvalue weighted by Crippen LogP contribution is 2.28. The van der Waals surface area contributed by atoms with Gasteiger partial charge in [-0.1, -0.05) is 0 Å². The van der Waals surface area contributed by atoms with Crippen molar-refractivity contribution in [3.8, 4) is 0 Å². The summed E-state index contributed by atoms with van der Waals surface area (Å²) in [6.07, 6.45) is -1.67. The molecule has 0 amide bonds. The first-order valence-corrected chi connectivity index (χ1v) is 3.92. The molecule has 0 atom stereocenters. The summed E-state index contributed by atoms with van der Waals surface area (Å²) >= 11 is 2.71. The van der Waals surface area contributed by atoms with Gasteiger partial charge in [-0.15, -0.1) is 0 Å². The molecule has 5 heteroatoms. The molecule has 0 radical (unpaired) electrons. The zero-order valence-corrected chi connectivity index (χ0v) is 7.70. The third-order valence-corrected chi connectivity index (χ3v) is 2.12. The number of rotatable bonds is 1. The van der Waals surface area contributed by atoms with Crippen LogP contribution in [0.1, 0.15) is 17.7 Å². The Kier molecular flexibility index (Phi) is 2.72. The molecule has 1 aromatic rings. The molecule has 0 unspecified atom stereocenters. The molecule has 0 fully saturated rings. The normalized spacial score (nSPS) is 10.8. The summed E-state index contributed by atoms with van der Waals surface area (Å²) in [5.41, 5.74) is -0.315. The summed E-state index contributed by atoms with van der Waals surface area (Å²) in [6, 6.07) is 0. The highest BCUT2D eigenvalue weighted by atomic mass is 79.9. The van der Waals surface area contributed by atoms with E-state index in [4.69, 9.17) is 0 Å². The van der Waals surface area contributed by atoms with Gasteiger partial charge >= 0.3 is 0 Å². The minimum atomic E-state index is -2.76. The van der Waals surface area contributed by atoms with Crippen LogP contribution in [0.3, 0.4) is 0 Å². The topological polar surface area (TPSA) is 12.9 Å². The molecule has 0 aliphatic rings. The monoisotopic (exact) mass is 239 g/mol. The standard InChI is InChI=1S/C7H5BrF3N/c1-3-2-12-6(7(10)11)4(8)5(3)9/h2,7H,1H3. The van der Waals surface area contributed by atoms with E-state index >= 15 is 0 Å². The van der Waals surface area contributed by atoms with Crippen LogP contribution < -0.4 is 0 Å². The van der Waals surface area contributed by atoms with Crippen molar-refractivity contribution in [2.24, 2.45) is 0 Å². The lowest BCUT2D eigenvalue weighted by Crippen LogP contribution is -1.96. The van der Waals surface area contributed by atoms with E-state index in [1.807, 2.05) is 0 Å². The number of aromatic nitrogens is 1. The molecule has 1 nitrogen and oxygen atoms in total. The van der Waals surface area contributed by atoms with Crippen molar-refractivity contribution in [2.75, 3.05) is 0 Å². The van der Waals surface area contributed by atoms with Gasteiger partial charge < -0.3 is 0 Å². The Balaban J connectivity index is 3.27. The van der Waals surface area contributed by atoms with Crippen molar-refractivity contribution in [2.45, 2.75) is 13.3 Å². The van der Waals surface area contributed by atoms with Crippen LogP contribution in [0.15, 0.2) is 10.7 Å². The molecule has 1 heterocycles. The van der Waals surface area contributed by atoms with Gasteiger partial charge in [-0.3, -0.25) is 4.98 Å². The van der Waals surface area contributed by atoms with Gasteiger partial charge in [0.1, 0.15) is 11.5 Å². The predicted molar refractivity (Wildman–Crippen MR) is 41.6 cm³/mol. The first-order valence-electron chi connectivity index (χ1n) is 3.12. The number of aryl methyl sites for hydroxylation is 1. The third-order valence-electron chi connectivity index (χ3n) is 1.37. The Labute approximate surface area is 75.7 Å². The van der Waals surface area contributed by atoms with Crippen LogP contribution in [0.5, 0.6) is 0 Å². The smallest absolute Gasteiger partial charge is 0.254 e. The fraction of sp³-hybridized carbons (Fsp3) is 0.286. The maximum absolute atomic E-state index is 12.9. The first kappa shape index (κ1) is 9.51. The molecule has 0 aromatic carbocycles. The van der Waals surface area contributed by atoms with E-state index in [-0.39, 0.29) is 10.0 Å². The second-order valence-corrected chi connectivity index (χ2v) is 3.05. The van der Waals surface area contributed by atoms with Crippen molar-refractivity contribution in [1.29, 1.82) is 0 Å². The molecule has 12 heavy (non-hydrogen) atoms. The van der Waals surface area contributed by atoms with Gasteiger partial charge in [-0.25, -0.2) is 13.2 Å². The second-order valence-electron chi connectivity index (χ2n) is 2.26. The lowest BCUT2D eigenvalue weighted by Gasteiger charge is -2.04. The molecule has 0 saturated heterocycles. The van der Waals surface area contributed by atoms with Gasteiger partial charge in [0.2, 0.25) is 0 Å². The van der Waals surface area contributed by atoms with Crippen LogP contribution in [0.4, 0.5) is 13.2 Å². The Morgan fingerprint density at radius 1 is 1.50 bits per heavy atom. The Morgan fingerprint density at radius 3 is 2.58 bits per heavy atom. The average molecular weight is 240 g/mol. The molecular weight excluding hydrogens is 235 g/mol. The van der Waals surface area contributed by atoms with E-state index < -0.39 is 17.9 Å². The molecule has 0 aliphatic heterocycles. The van der Waals surface area contributed by atoms with E-state index in [9.17, 15) is 13.2 Å². The summed E-state index contributed by atoms with van der Waals surface area (Å²) in [7, 11) is 0. The molecule has 1 rings (SSSR count). The van der Waals surface area contributed by atoms with Crippen LogP contribution >= 0.6 is 15.9 Å². The van der Waals surface area contributed by atoms with Crippen molar-refractivity contribution in [1.82, 2.24) is 4.98 Å². The lowest BCUT2D eigenvalue weighted by molar-refractivity contribution is 0.144. The largest absolute Gasteiger partial charge is 0.281 e. The molecule has 0 saturated carbocycles. The third kappa shape index (κ3) is 1.60. The zero-order valence-electron chi connectivity index (χ0n) is 6.11. The Morgan fingerprint density at radius 2 is 2.08 bits per heavy atom. The van der Waals surface area contributed by atoms with E-state index in [0.29, 0.717) is 0 Å². The molecule has 0 aliphatic carbocycles. The minimum Gasteiger partial charge on any atom is -0.254 e. The van der Waals surface area contributed by atoms with Crippen LogP contribution in [0, 0.1) is 12.7 Å². The SMILES string of the molecule is Cc1cnc(C(F)F)c(Br)c1F. The predicted octanol–water partition coefficient (Wildman–Crippen LogP) is 3.23. The van der Waals surface area contributed by atoms with Gasteiger partial charge in [0.15, 0.2) is 0 Å². The quantitative estimate of drug-likeness (QED) is 0.734. The maximum Gasteiger partial charge on any atom is 0.281 e. The number of hydrogen-bond acceptors (Lipinski definition) is 1. The van der Waals surface area contributed by atoms with Gasteiger partial charge in [0.25, 0.3) is 6.43 Å². The molecular formula is C7H5BrF3N. The average Bonchev–Trinajstić information content (AvgIpc) is 2.00. The van der Waals surface area contributed by atoms with Gasteiger partial charge in [-0.2, -0.15) is 0 Å². The van der Waals surface area contributed by atoms with Crippen LogP contribution in [-0.2, 0) is 0 Å². The van der Waals surface area contributed by atoms with Crippen molar-refractivity contribution in [3.63, 3.8) is 0 Å². The summed E-state index contributed by atoms with van der Waals surface area (Å²) < 4.78 is 36.8. The maximum atomic E-state index is 12.9. The summed E-state index contributed by atoms with van der Waals surface area (Å²) in [6.45, 7) is 1.46. The summed E-state index contributed by atoms with van der Waals surface area (Å²) in [5.74, 6) is -0.680. The van der Waals surface area contributed by atoms with Gasteiger partial charge in [0.05, 0.1) is 4.47 Å². The van der Waals surface area contributed by atoms with Crippen molar-refractivity contribution < 1.29 is 13.2 Å². The van der Waals surface area contributed by atoms with Crippen LogP contribution in [-0.4, -0.2) is 4.98 Å². The highest BCUT2D eigenvalue weighted by molar-refractivity contribution is 9.10. The highest BCUT2D eigenvalue weighted by Gasteiger charge is 2.17. The number of hydrogen-bond donors (Lipinski definition) is 0. The molecule has 1 aromatic heterocycles. The Bertz CT molecular complexity index is 301.